The Morgan fingerprint density at radius 2 is 2.00 bits per heavy atom. The topological polar surface area (TPSA) is 76.1 Å². The van der Waals surface area contributed by atoms with E-state index in [-0.39, 0.29) is 36.1 Å². The zero-order valence-corrected chi connectivity index (χ0v) is 22.3. The van der Waals surface area contributed by atoms with Crippen LogP contribution in [0.1, 0.15) is 66.7 Å². The molecule has 1 heterocycles. The van der Waals surface area contributed by atoms with Crippen molar-refractivity contribution < 1.29 is 24.2 Å². The van der Waals surface area contributed by atoms with Crippen LogP contribution < -0.4 is 0 Å². The van der Waals surface area contributed by atoms with Gasteiger partial charge in [-0.25, -0.2) is 0 Å². The summed E-state index contributed by atoms with van der Waals surface area (Å²) in [5, 5.41) is 11.1. The number of carbonyl (C=O) groups is 2. The first-order chi connectivity index (χ1) is 16.5. The summed E-state index contributed by atoms with van der Waals surface area (Å²) in [6.45, 7) is 17.4. The Morgan fingerprint density at radius 3 is 2.63 bits per heavy atom. The van der Waals surface area contributed by atoms with Crippen LogP contribution in [0, 0.1) is 51.8 Å². The molecule has 0 aromatic carbocycles. The number of aldehydes is 1. The Morgan fingerprint density at radius 1 is 1.26 bits per heavy atom. The molecule has 35 heavy (non-hydrogen) atoms. The summed E-state index contributed by atoms with van der Waals surface area (Å²) in [5.41, 5.74) is -1.24. The Bertz CT molecular complexity index is 888. The minimum Gasteiger partial charge on any atom is -0.481 e. The predicted octanol–water partition coefficient (Wildman–Crippen LogP) is 4.63. The molecule has 4 aliphatic carbocycles. The van der Waals surface area contributed by atoms with E-state index < -0.39 is 22.2 Å². The van der Waals surface area contributed by atoms with Crippen molar-refractivity contribution in [2.45, 2.75) is 79.1 Å². The molecule has 1 saturated heterocycles. The number of aliphatic carboxylic acids is 1. The third-order valence-electron chi connectivity index (χ3n) is 11.1. The first kappa shape index (κ1) is 25.4. The molecule has 1 unspecified atom stereocenters. The molecule has 0 aromatic heterocycles. The van der Waals surface area contributed by atoms with Gasteiger partial charge in [-0.1, -0.05) is 39.3 Å². The molecule has 6 nitrogen and oxygen atoms in total. The Hall–Kier alpha value is -1.24. The fourth-order valence-corrected chi connectivity index (χ4v) is 10.2. The molecule has 196 valence electrons. The summed E-state index contributed by atoms with van der Waals surface area (Å²) >= 11 is 0. The average molecular weight is 488 g/mol. The summed E-state index contributed by atoms with van der Waals surface area (Å²) in [4.78, 5) is 29.0. The van der Waals surface area contributed by atoms with Crippen molar-refractivity contribution in [1.29, 1.82) is 0 Å². The SMILES string of the molecule is C=C(C)CN1C[C@H](OC[C@@]23C[C@@H]4[C@H](C)CC[C@H]4[C@@]4(C=O)C[C@@H]2CC(C(C)C)[C@@]34C(=O)O)O[C@H](C)C1. The van der Waals surface area contributed by atoms with Gasteiger partial charge < -0.3 is 19.4 Å². The highest BCUT2D eigenvalue weighted by Crippen LogP contribution is 2.84. The van der Waals surface area contributed by atoms with Crippen LogP contribution in [0.25, 0.3) is 0 Å². The molecule has 4 bridgehead atoms. The summed E-state index contributed by atoms with van der Waals surface area (Å²) in [5.74, 6) is 0.768. The van der Waals surface area contributed by atoms with E-state index in [9.17, 15) is 14.7 Å². The fraction of sp³-hybridized carbons (Fsp3) is 0.862. The average Bonchev–Trinajstić information content (AvgIpc) is 3.34. The second-order valence-electron chi connectivity index (χ2n) is 13.3. The number of ether oxygens (including phenoxy) is 2. The molecule has 0 aromatic rings. The van der Waals surface area contributed by atoms with Crippen molar-refractivity contribution in [3.05, 3.63) is 12.2 Å². The maximum Gasteiger partial charge on any atom is 0.311 e. The number of hydrogen-bond donors (Lipinski definition) is 1. The Balaban J connectivity index is 1.53. The van der Waals surface area contributed by atoms with Gasteiger partial charge in [-0.05, 0) is 75.0 Å². The smallest absolute Gasteiger partial charge is 0.311 e. The van der Waals surface area contributed by atoms with E-state index >= 15 is 0 Å². The van der Waals surface area contributed by atoms with Crippen LogP contribution in [0.4, 0.5) is 0 Å². The van der Waals surface area contributed by atoms with Crippen molar-refractivity contribution in [2.75, 3.05) is 26.2 Å². The molecule has 1 N–H and O–H groups in total. The standard InChI is InChI=1S/C29H45NO5/c1-17(2)12-30-13-20(6)35-25(14-30)34-16-28-11-22-19(5)7-8-23(22)27(15-31)10-21(28)9-24(18(3)4)29(27,28)26(32)33/h15,18-25H,1,7-14,16H2,2-6H3,(H,32,33)/t19-,20-,21+,22-,23-,24?,25-,27+,28+,29+/m1/s1. The predicted molar refractivity (Wildman–Crippen MR) is 134 cm³/mol. The van der Waals surface area contributed by atoms with E-state index in [1.165, 1.54) is 0 Å². The summed E-state index contributed by atoms with van der Waals surface area (Å²) in [6.07, 6.45) is 5.32. The van der Waals surface area contributed by atoms with Crippen LogP contribution >= 0.6 is 0 Å². The third kappa shape index (κ3) is 3.31. The van der Waals surface area contributed by atoms with Crippen molar-refractivity contribution in [1.82, 2.24) is 4.90 Å². The quantitative estimate of drug-likeness (QED) is 0.397. The van der Waals surface area contributed by atoms with E-state index in [1.54, 1.807) is 0 Å². The van der Waals surface area contributed by atoms with Gasteiger partial charge in [0.05, 0.1) is 18.1 Å². The zero-order chi connectivity index (χ0) is 25.3. The van der Waals surface area contributed by atoms with Gasteiger partial charge >= 0.3 is 5.97 Å². The lowest BCUT2D eigenvalue weighted by atomic mass is 9.42. The molecule has 4 saturated carbocycles. The van der Waals surface area contributed by atoms with E-state index in [2.05, 4.69) is 39.2 Å². The maximum absolute atomic E-state index is 13.6. The van der Waals surface area contributed by atoms with Crippen LogP contribution in [-0.2, 0) is 19.1 Å². The van der Waals surface area contributed by atoms with Gasteiger partial charge in [0.1, 0.15) is 6.29 Å². The van der Waals surface area contributed by atoms with Crippen LogP contribution in [0.5, 0.6) is 0 Å². The number of carboxylic acids is 1. The Labute approximate surface area is 210 Å². The molecular formula is C29H45NO5. The summed E-state index contributed by atoms with van der Waals surface area (Å²) < 4.78 is 12.8. The number of carbonyl (C=O) groups excluding carboxylic acids is 1. The highest BCUT2D eigenvalue weighted by molar-refractivity contribution is 5.86. The van der Waals surface area contributed by atoms with Crippen LogP contribution in [0.2, 0.25) is 0 Å². The molecule has 1 aliphatic heterocycles. The highest BCUT2D eigenvalue weighted by Gasteiger charge is 2.86. The summed E-state index contributed by atoms with van der Waals surface area (Å²) in [7, 11) is 0. The van der Waals surface area contributed by atoms with Crippen molar-refractivity contribution in [3.8, 4) is 0 Å². The van der Waals surface area contributed by atoms with Gasteiger partial charge in [0.2, 0.25) is 0 Å². The van der Waals surface area contributed by atoms with Crippen LogP contribution in [-0.4, -0.2) is 60.9 Å². The fourth-order valence-electron chi connectivity index (χ4n) is 10.2. The molecule has 0 spiro atoms. The van der Waals surface area contributed by atoms with Gasteiger partial charge in [-0.15, -0.1) is 0 Å². The van der Waals surface area contributed by atoms with Gasteiger partial charge in [-0.3, -0.25) is 9.69 Å². The number of carboxylic acid groups (broad SMARTS) is 1. The van der Waals surface area contributed by atoms with E-state index in [0.29, 0.717) is 31.4 Å². The number of rotatable bonds is 8. The number of fused-ring (bicyclic) bond motifs is 2. The molecule has 5 rings (SSSR count). The second kappa shape index (κ2) is 8.66. The first-order valence-corrected chi connectivity index (χ1v) is 13.9. The molecule has 0 radical (unpaired) electrons. The maximum atomic E-state index is 13.6. The molecule has 0 amide bonds. The second-order valence-corrected chi connectivity index (χ2v) is 13.3. The van der Waals surface area contributed by atoms with Gasteiger partial charge in [0.25, 0.3) is 0 Å². The number of morpholine rings is 1. The van der Waals surface area contributed by atoms with E-state index in [1.807, 2.05) is 6.92 Å². The molecule has 5 aliphatic rings. The van der Waals surface area contributed by atoms with Gasteiger partial charge in [-0.2, -0.15) is 0 Å². The third-order valence-corrected chi connectivity index (χ3v) is 11.1. The van der Waals surface area contributed by atoms with Crippen molar-refractivity contribution in [2.24, 2.45) is 51.8 Å². The van der Waals surface area contributed by atoms with Crippen LogP contribution in [0.15, 0.2) is 12.2 Å². The lowest BCUT2D eigenvalue weighted by molar-refractivity contribution is -0.242. The molecule has 6 heteroatoms. The molecular weight excluding hydrogens is 442 g/mol. The molecule has 10 atom stereocenters. The lowest BCUT2D eigenvalue weighted by Crippen LogP contribution is -2.65. The summed E-state index contributed by atoms with van der Waals surface area (Å²) in [6, 6.07) is 0. The van der Waals surface area contributed by atoms with E-state index in [4.69, 9.17) is 9.47 Å². The normalized spacial score (nSPS) is 48.8. The van der Waals surface area contributed by atoms with Crippen LogP contribution in [0.3, 0.4) is 0 Å². The molecule has 5 fully saturated rings. The highest BCUT2D eigenvalue weighted by atomic mass is 16.7. The Kier molecular flexibility index (Phi) is 6.29. The minimum atomic E-state index is -1.05. The largest absolute Gasteiger partial charge is 0.481 e. The van der Waals surface area contributed by atoms with Crippen molar-refractivity contribution >= 4 is 12.3 Å². The zero-order valence-electron chi connectivity index (χ0n) is 22.3. The number of nitrogens with zero attached hydrogens (tertiary/aromatic N) is 1. The van der Waals surface area contributed by atoms with E-state index in [0.717, 1.165) is 50.6 Å². The minimum absolute atomic E-state index is 0.00415. The first-order valence-electron chi connectivity index (χ1n) is 13.9. The lowest BCUT2D eigenvalue weighted by Gasteiger charge is -2.59. The monoisotopic (exact) mass is 487 g/mol. The van der Waals surface area contributed by atoms with Gasteiger partial charge in [0.15, 0.2) is 6.29 Å². The number of hydrogen-bond acceptors (Lipinski definition) is 5. The van der Waals surface area contributed by atoms with Gasteiger partial charge in [0, 0.05) is 30.5 Å². The van der Waals surface area contributed by atoms with Crippen molar-refractivity contribution in [3.63, 3.8) is 0 Å².